The molecule has 5 nitrogen and oxygen atoms in total. The van der Waals surface area contributed by atoms with Crippen LogP contribution in [0.3, 0.4) is 0 Å². The standard InChI is InChI=1S/C19H19F4N5S/c1-11-9-12(10-14(16(11)20)19(21,22)23)17-13-3-4-15(24-18(13)26-25-17)27-5-7-28(29-2)8-6-27/h3-4,9-10H,5-8H2,1-2H3,(H,24,25,26). The van der Waals surface area contributed by atoms with Crippen LogP contribution in [0.1, 0.15) is 11.1 Å². The van der Waals surface area contributed by atoms with Gasteiger partial charge in [-0.2, -0.15) is 18.3 Å². The predicted octanol–water partition coefficient (Wildman–Crippen LogP) is 4.49. The largest absolute Gasteiger partial charge is 0.419 e. The van der Waals surface area contributed by atoms with Crippen LogP contribution < -0.4 is 4.90 Å². The number of hydrogen-bond donors (Lipinski definition) is 1. The molecule has 10 heteroatoms. The first-order chi connectivity index (χ1) is 13.8. The van der Waals surface area contributed by atoms with Crippen LogP contribution in [-0.4, -0.2) is 51.9 Å². The van der Waals surface area contributed by atoms with Crippen LogP contribution in [0.5, 0.6) is 0 Å². The lowest BCUT2D eigenvalue weighted by Gasteiger charge is -2.33. The second-order valence-corrected chi connectivity index (χ2v) is 7.77. The van der Waals surface area contributed by atoms with Crippen molar-refractivity contribution in [3.63, 3.8) is 0 Å². The molecule has 2 aromatic heterocycles. The number of aromatic amines is 1. The maximum absolute atomic E-state index is 14.0. The van der Waals surface area contributed by atoms with Crippen molar-refractivity contribution in [1.29, 1.82) is 0 Å². The maximum Gasteiger partial charge on any atom is 0.419 e. The first-order valence-electron chi connectivity index (χ1n) is 9.05. The zero-order valence-electron chi connectivity index (χ0n) is 15.8. The molecular formula is C19H19F4N5S. The van der Waals surface area contributed by atoms with Crippen molar-refractivity contribution in [3.8, 4) is 11.3 Å². The highest BCUT2D eigenvalue weighted by Gasteiger charge is 2.35. The van der Waals surface area contributed by atoms with E-state index >= 15 is 0 Å². The van der Waals surface area contributed by atoms with E-state index in [0.29, 0.717) is 16.7 Å². The Morgan fingerprint density at radius 3 is 2.48 bits per heavy atom. The molecule has 0 radical (unpaired) electrons. The van der Waals surface area contributed by atoms with Gasteiger partial charge in [-0.25, -0.2) is 13.7 Å². The number of H-pyrrole nitrogens is 1. The number of piperazine rings is 1. The number of benzene rings is 1. The second kappa shape index (κ2) is 7.49. The summed E-state index contributed by atoms with van der Waals surface area (Å²) in [6, 6.07) is 5.83. The molecule has 1 aliphatic heterocycles. The Balaban J connectivity index is 1.69. The molecule has 29 heavy (non-hydrogen) atoms. The minimum absolute atomic E-state index is 0.0752. The van der Waals surface area contributed by atoms with Crippen LogP contribution in [0, 0.1) is 12.7 Å². The molecule has 1 aromatic carbocycles. The molecule has 0 spiro atoms. The molecule has 0 atom stereocenters. The van der Waals surface area contributed by atoms with Crippen LogP contribution in [0.4, 0.5) is 23.4 Å². The van der Waals surface area contributed by atoms with Gasteiger partial charge in [-0.1, -0.05) is 11.9 Å². The predicted molar refractivity (Wildman–Crippen MR) is 106 cm³/mol. The van der Waals surface area contributed by atoms with E-state index in [9.17, 15) is 17.6 Å². The lowest BCUT2D eigenvalue weighted by molar-refractivity contribution is -0.140. The van der Waals surface area contributed by atoms with Gasteiger partial charge in [0, 0.05) is 37.1 Å². The smallest absolute Gasteiger partial charge is 0.354 e. The van der Waals surface area contributed by atoms with E-state index in [1.54, 1.807) is 18.0 Å². The fourth-order valence-electron chi connectivity index (χ4n) is 3.50. The SMILES string of the molecule is CSN1CCN(c2ccc3c(-c4cc(C)c(F)c(C(F)(F)F)c4)[nH]nc3n2)CC1. The van der Waals surface area contributed by atoms with E-state index in [1.165, 1.54) is 13.0 Å². The summed E-state index contributed by atoms with van der Waals surface area (Å²) in [5.74, 6) is -0.475. The van der Waals surface area contributed by atoms with Gasteiger partial charge in [-0.15, -0.1) is 0 Å². The van der Waals surface area contributed by atoms with Gasteiger partial charge in [0.05, 0.1) is 11.3 Å². The number of alkyl halides is 3. The lowest BCUT2D eigenvalue weighted by atomic mass is 10.0. The Bertz CT molecular complexity index is 1040. The molecule has 3 aromatic rings. The number of halogens is 4. The lowest BCUT2D eigenvalue weighted by Crippen LogP contribution is -2.43. The van der Waals surface area contributed by atoms with E-state index in [1.807, 2.05) is 12.3 Å². The number of nitrogens with one attached hydrogen (secondary N) is 1. The van der Waals surface area contributed by atoms with Crippen molar-refractivity contribution in [2.75, 3.05) is 37.3 Å². The minimum atomic E-state index is -4.77. The van der Waals surface area contributed by atoms with E-state index in [2.05, 4.69) is 24.4 Å². The molecule has 0 aliphatic carbocycles. The molecule has 0 unspecified atom stereocenters. The molecule has 4 rings (SSSR count). The number of fused-ring (bicyclic) bond motifs is 1. The van der Waals surface area contributed by atoms with Gasteiger partial charge in [-0.05, 0) is 43.0 Å². The summed E-state index contributed by atoms with van der Waals surface area (Å²) < 4.78 is 55.8. The van der Waals surface area contributed by atoms with Gasteiger partial charge in [-0.3, -0.25) is 5.10 Å². The van der Waals surface area contributed by atoms with Crippen molar-refractivity contribution < 1.29 is 17.6 Å². The van der Waals surface area contributed by atoms with Crippen LogP contribution in [0.25, 0.3) is 22.3 Å². The van der Waals surface area contributed by atoms with Gasteiger partial charge in [0.1, 0.15) is 11.6 Å². The minimum Gasteiger partial charge on any atom is -0.354 e. The third-order valence-corrected chi connectivity index (χ3v) is 5.95. The number of rotatable bonds is 3. The summed E-state index contributed by atoms with van der Waals surface area (Å²) in [7, 11) is 0. The number of pyridine rings is 1. The van der Waals surface area contributed by atoms with Crippen LogP contribution in [-0.2, 0) is 6.18 Å². The normalized spacial score (nSPS) is 16.0. The highest BCUT2D eigenvalue weighted by atomic mass is 32.2. The Kier molecular flexibility index (Phi) is 5.16. The van der Waals surface area contributed by atoms with Crippen molar-refractivity contribution in [2.45, 2.75) is 13.1 Å². The summed E-state index contributed by atoms with van der Waals surface area (Å²) in [6.07, 6.45) is -2.72. The molecule has 1 fully saturated rings. The van der Waals surface area contributed by atoms with Crippen molar-refractivity contribution in [1.82, 2.24) is 19.5 Å². The molecule has 0 amide bonds. The fourth-order valence-corrected chi connectivity index (χ4v) is 4.03. The van der Waals surface area contributed by atoms with Crippen molar-refractivity contribution in [2.24, 2.45) is 0 Å². The molecule has 0 saturated carbocycles. The number of anilines is 1. The summed E-state index contributed by atoms with van der Waals surface area (Å²) in [4.78, 5) is 6.73. The first-order valence-corrected chi connectivity index (χ1v) is 10.2. The molecule has 1 saturated heterocycles. The van der Waals surface area contributed by atoms with Gasteiger partial charge >= 0.3 is 6.18 Å². The van der Waals surface area contributed by atoms with Crippen LogP contribution >= 0.6 is 11.9 Å². The number of aryl methyl sites for hydroxylation is 1. The average Bonchev–Trinajstić information content (AvgIpc) is 3.12. The molecule has 1 N–H and O–H groups in total. The summed E-state index contributed by atoms with van der Waals surface area (Å²) >= 11 is 1.71. The Morgan fingerprint density at radius 2 is 1.83 bits per heavy atom. The van der Waals surface area contributed by atoms with E-state index < -0.39 is 17.6 Å². The highest BCUT2D eigenvalue weighted by Crippen LogP contribution is 2.37. The molecule has 0 bridgehead atoms. The third kappa shape index (κ3) is 3.78. The topological polar surface area (TPSA) is 48.0 Å². The van der Waals surface area contributed by atoms with Gasteiger partial charge in [0.25, 0.3) is 0 Å². The van der Waals surface area contributed by atoms with Gasteiger partial charge in [0.15, 0.2) is 5.65 Å². The summed E-state index contributed by atoms with van der Waals surface area (Å²) in [5, 5.41) is 7.54. The fraction of sp³-hybridized carbons (Fsp3) is 0.368. The molecule has 154 valence electrons. The monoisotopic (exact) mass is 425 g/mol. The van der Waals surface area contributed by atoms with Crippen LogP contribution in [0.2, 0.25) is 0 Å². The highest BCUT2D eigenvalue weighted by molar-refractivity contribution is 7.96. The molecule has 1 aliphatic rings. The number of hydrogen-bond acceptors (Lipinski definition) is 5. The quantitative estimate of drug-likeness (QED) is 0.495. The summed E-state index contributed by atoms with van der Waals surface area (Å²) in [5.41, 5.74) is -0.331. The van der Waals surface area contributed by atoms with E-state index in [4.69, 9.17) is 0 Å². The Hall–Kier alpha value is -2.33. The Labute approximate surface area is 169 Å². The maximum atomic E-state index is 14.0. The van der Waals surface area contributed by atoms with E-state index in [0.717, 1.165) is 38.1 Å². The number of nitrogens with zero attached hydrogens (tertiary/aromatic N) is 4. The average molecular weight is 425 g/mol. The Morgan fingerprint density at radius 1 is 1.10 bits per heavy atom. The zero-order valence-corrected chi connectivity index (χ0v) is 16.7. The van der Waals surface area contributed by atoms with Crippen LogP contribution in [0.15, 0.2) is 24.3 Å². The summed E-state index contributed by atoms with van der Waals surface area (Å²) in [6.45, 7) is 4.83. The molecular weight excluding hydrogens is 406 g/mol. The van der Waals surface area contributed by atoms with Gasteiger partial charge in [0.2, 0.25) is 0 Å². The van der Waals surface area contributed by atoms with Crippen molar-refractivity contribution in [3.05, 3.63) is 41.2 Å². The van der Waals surface area contributed by atoms with Crippen molar-refractivity contribution >= 4 is 28.8 Å². The van der Waals surface area contributed by atoms with Gasteiger partial charge < -0.3 is 4.90 Å². The van der Waals surface area contributed by atoms with E-state index in [-0.39, 0.29) is 11.1 Å². The second-order valence-electron chi connectivity index (χ2n) is 6.89. The molecule has 3 heterocycles. The third-order valence-electron chi connectivity index (χ3n) is 5.07. The first kappa shape index (κ1) is 20.0. The zero-order chi connectivity index (χ0) is 20.8. The number of aromatic nitrogens is 3.